The Morgan fingerprint density at radius 3 is 2.76 bits per heavy atom. The molecule has 0 aliphatic carbocycles. The summed E-state index contributed by atoms with van der Waals surface area (Å²) in [4.78, 5) is 14.2. The van der Waals surface area contributed by atoms with Crippen molar-refractivity contribution in [1.29, 1.82) is 0 Å². The summed E-state index contributed by atoms with van der Waals surface area (Å²) < 4.78 is 0. The Kier molecular flexibility index (Phi) is 3.33. The van der Waals surface area contributed by atoms with Gasteiger partial charge >= 0.3 is 5.97 Å². The van der Waals surface area contributed by atoms with Crippen LogP contribution in [0.5, 0.6) is 0 Å². The van der Waals surface area contributed by atoms with Crippen molar-refractivity contribution in [2.45, 2.75) is 31.2 Å². The van der Waals surface area contributed by atoms with Gasteiger partial charge in [-0.15, -0.1) is 11.8 Å². The molecule has 0 spiro atoms. The Morgan fingerprint density at radius 1 is 1.47 bits per heavy atom. The van der Waals surface area contributed by atoms with Crippen LogP contribution < -0.4 is 4.90 Å². The van der Waals surface area contributed by atoms with E-state index in [1.165, 1.54) is 16.0 Å². The number of rotatable bonds is 2. The number of carboxylic acids is 1. The van der Waals surface area contributed by atoms with Crippen LogP contribution in [0.25, 0.3) is 0 Å². The number of aryl methyl sites for hydroxylation is 2. The van der Waals surface area contributed by atoms with E-state index in [1.807, 2.05) is 7.05 Å². The summed E-state index contributed by atoms with van der Waals surface area (Å²) in [5.41, 5.74) is 3.71. The minimum Gasteiger partial charge on any atom is -0.481 e. The fraction of sp³-hybridized carbons (Fsp3) is 0.462. The molecule has 92 valence electrons. The largest absolute Gasteiger partial charge is 0.481 e. The van der Waals surface area contributed by atoms with Gasteiger partial charge in [-0.3, -0.25) is 4.79 Å². The van der Waals surface area contributed by atoms with Crippen molar-refractivity contribution < 1.29 is 9.90 Å². The number of carbonyl (C=O) groups is 1. The Bertz CT molecular complexity index is 459. The molecule has 0 radical (unpaired) electrons. The van der Waals surface area contributed by atoms with Gasteiger partial charge in [0.15, 0.2) is 0 Å². The highest BCUT2D eigenvalue weighted by atomic mass is 32.2. The van der Waals surface area contributed by atoms with Crippen molar-refractivity contribution in [2.75, 3.05) is 17.7 Å². The third kappa shape index (κ3) is 2.41. The second-order valence-corrected chi connectivity index (χ2v) is 5.64. The molecule has 0 fully saturated rings. The smallest absolute Gasteiger partial charge is 0.305 e. The molecule has 1 aromatic carbocycles. The summed E-state index contributed by atoms with van der Waals surface area (Å²) in [5, 5.41) is 8.89. The molecule has 3 nitrogen and oxygen atoms in total. The van der Waals surface area contributed by atoms with Gasteiger partial charge < -0.3 is 10.0 Å². The number of fused-ring (bicyclic) bond motifs is 1. The first kappa shape index (κ1) is 12.3. The summed E-state index contributed by atoms with van der Waals surface area (Å²) in [6.45, 7) is 4.20. The van der Waals surface area contributed by atoms with Gasteiger partial charge in [-0.25, -0.2) is 0 Å². The predicted octanol–water partition coefficient (Wildman–Crippen LogP) is 2.69. The second-order valence-electron chi connectivity index (χ2n) is 4.58. The monoisotopic (exact) mass is 251 g/mol. The van der Waals surface area contributed by atoms with Gasteiger partial charge in [-0.1, -0.05) is 0 Å². The first-order valence-electron chi connectivity index (χ1n) is 5.67. The van der Waals surface area contributed by atoms with Gasteiger partial charge in [0.1, 0.15) is 0 Å². The second kappa shape index (κ2) is 4.61. The molecule has 1 aliphatic heterocycles. The van der Waals surface area contributed by atoms with E-state index in [2.05, 4.69) is 30.9 Å². The van der Waals surface area contributed by atoms with Crippen LogP contribution in [0.15, 0.2) is 17.0 Å². The third-order valence-electron chi connectivity index (χ3n) is 3.34. The van der Waals surface area contributed by atoms with E-state index in [0.717, 1.165) is 11.4 Å². The maximum Gasteiger partial charge on any atom is 0.305 e. The zero-order chi connectivity index (χ0) is 12.6. The van der Waals surface area contributed by atoms with Gasteiger partial charge in [-0.2, -0.15) is 0 Å². The minimum atomic E-state index is -0.727. The molecule has 4 heteroatoms. The number of carboxylic acid groups (broad SMARTS) is 1. The number of aliphatic carboxylic acids is 1. The quantitative estimate of drug-likeness (QED) is 0.877. The van der Waals surface area contributed by atoms with Crippen molar-refractivity contribution in [1.82, 2.24) is 0 Å². The zero-order valence-corrected chi connectivity index (χ0v) is 11.2. The van der Waals surface area contributed by atoms with Crippen molar-refractivity contribution in [2.24, 2.45) is 0 Å². The van der Waals surface area contributed by atoms with Gasteiger partial charge in [0.25, 0.3) is 0 Å². The van der Waals surface area contributed by atoms with Crippen molar-refractivity contribution >= 4 is 23.4 Å². The average Bonchev–Trinajstić information content (AvgIpc) is 2.25. The van der Waals surface area contributed by atoms with E-state index in [9.17, 15) is 4.79 Å². The molecule has 0 bridgehead atoms. The number of anilines is 1. The first-order chi connectivity index (χ1) is 7.99. The molecule has 0 saturated carbocycles. The summed E-state index contributed by atoms with van der Waals surface area (Å²) in [7, 11) is 1.99. The van der Waals surface area contributed by atoms with Crippen LogP contribution in [-0.2, 0) is 4.79 Å². The lowest BCUT2D eigenvalue weighted by Crippen LogP contribution is -2.38. The number of hydrogen-bond acceptors (Lipinski definition) is 3. The highest BCUT2D eigenvalue weighted by molar-refractivity contribution is 7.99. The van der Waals surface area contributed by atoms with Crippen LogP contribution in [0.4, 0.5) is 5.69 Å². The molecule has 0 amide bonds. The fourth-order valence-corrected chi connectivity index (χ4v) is 3.38. The Morgan fingerprint density at radius 2 is 2.12 bits per heavy atom. The fourth-order valence-electron chi connectivity index (χ4n) is 2.06. The SMILES string of the molecule is Cc1cc2c(cc1C)N(C)C(CC(=O)O)CS2. The van der Waals surface area contributed by atoms with Crippen LogP contribution in [-0.4, -0.2) is 29.9 Å². The molecule has 2 rings (SSSR count). The van der Waals surface area contributed by atoms with Crippen LogP contribution >= 0.6 is 11.8 Å². The molecule has 17 heavy (non-hydrogen) atoms. The van der Waals surface area contributed by atoms with Crippen molar-refractivity contribution in [3.63, 3.8) is 0 Å². The molecule has 1 heterocycles. The summed E-state index contributed by atoms with van der Waals surface area (Å²) in [6.07, 6.45) is 0.204. The topological polar surface area (TPSA) is 40.5 Å². The molecule has 1 N–H and O–H groups in total. The molecule has 0 saturated heterocycles. The molecule has 1 aromatic rings. The van der Waals surface area contributed by atoms with Gasteiger partial charge in [0, 0.05) is 23.7 Å². The van der Waals surface area contributed by atoms with E-state index >= 15 is 0 Å². The van der Waals surface area contributed by atoms with E-state index in [-0.39, 0.29) is 12.5 Å². The van der Waals surface area contributed by atoms with E-state index in [4.69, 9.17) is 5.11 Å². The van der Waals surface area contributed by atoms with Crippen LogP contribution in [0.2, 0.25) is 0 Å². The molecule has 1 aliphatic rings. The average molecular weight is 251 g/mol. The Labute approximate surface area is 106 Å². The number of hydrogen-bond donors (Lipinski definition) is 1. The van der Waals surface area contributed by atoms with Gasteiger partial charge in [-0.05, 0) is 37.1 Å². The Hall–Kier alpha value is -1.16. The lowest BCUT2D eigenvalue weighted by molar-refractivity contribution is -0.137. The first-order valence-corrected chi connectivity index (χ1v) is 6.66. The maximum absolute atomic E-state index is 10.8. The molecular weight excluding hydrogens is 234 g/mol. The predicted molar refractivity (Wildman–Crippen MR) is 71.1 cm³/mol. The van der Waals surface area contributed by atoms with Gasteiger partial charge in [0.05, 0.1) is 12.1 Å². The maximum atomic E-state index is 10.8. The highest BCUT2D eigenvalue weighted by Crippen LogP contribution is 2.38. The lowest BCUT2D eigenvalue weighted by Gasteiger charge is -2.35. The van der Waals surface area contributed by atoms with Crippen molar-refractivity contribution in [3.8, 4) is 0 Å². The van der Waals surface area contributed by atoms with Crippen LogP contribution in [0, 0.1) is 13.8 Å². The van der Waals surface area contributed by atoms with E-state index in [0.29, 0.717) is 0 Å². The molecular formula is C13H17NO2S. The van der Waals surface area contributed by atoms with E-state index < -0.39 is 5.97 Å². The standard InChI is InChI=1S/C13H17NO2S/c1-8-4-11-12(5-9(8)2)17-7-10(14(11)3)6-13(15)16/h4-5,10H,6-7H2,1-3H3,(H,15,16). The number of benzene rings is 1. The molecule has 1 atom stereocenters. The minimum absolute atomic E-state index is 0.0899. The summed E-state index contributed by atoms with van der Waals surface area (Å²) in [6, 6.07) is 4.45. The Balaban J connectivity index is 2.31. The summed E-state index contributed by atoms with van der Waals surface area (Å²) >= 11 is 1.76. The van der Waals surface area contributed by atoms with Crippen LogP contribution in [0.3, 0.4) is 0 Å². The summed E-state index contributed by atoms with van der Waals surface area (Å²) in [5.74, 6) is 0.118. The van der Waals surface area contributed by atoms with Gasteiger partial charge in [0.2, 0.25) is 0 Å². The lowest BCUT2D eigenvalue weighted by atomic mass is 10.1. The van der Waals surface area contributed by atoms with E-state index in [1.54, 1.807) is 11.8 Å². The molecule has 1 unspecified atom stereocenters. The van der Waals surface area contributed by atoms with Crippen molar-refractivity contribution in [3.05, 3.63) is 23.3 Å². The highest BCUT2D eigenvalue weighted by Gasteiger charge is 2.26. The zero-order valence-electron chi connectivity index (χ0n) is 10.4. The molecule has 0 aromatic heterocycles. The third-order valence-corrected chi connectivity index (χ3v) is 4.53. The normalized spacial score (nSPS) is 19.0. The number of nitrogens with zero attached hydrogens (tertiary/aromatic N) is 1. The number of thioether (sulfide) groups is 1. The van der Waals surface area contributed by atoms with Crippen LogP contribution in [0.1, 0.15) is 17.5 Å².